The second-order valence-corrected chi connectivity index (χ2v) is 6.69. The number of nitrogens with zero attached hydrogens (tertiary/aromatic N) is 2. The van der Waals surface area contributed by atoms with E-state index in [-0.39, 0.29) is 11.9 Å². The third-order valence-corrected chi connectivity index (χ3v) is 4.94. The molecule has 0 saturated heterocycles. The van der Waals surface area contributed by atoms with Crippen molar-refractivity contribution in [3.8, 4) is 0 Å². The van der Waals surface area contributed by atoms with Crippen LogP contribution in [0.15, 0.2) is 24.3 Å². The van der Waals surface area contributed by atoms with Crippen LogP contribution >= 0.6 is 11.3 Å². The predicted molar refractivity (Wildman–Crippen MR) is 85.5 cm³/mol. The van der Waals surface area contributed by atoms with Gasteiger partial charge in [-0.05, 0) is 32.4 Å². The van der Waals surface area contributed by atoms with Crippen molar-refractivity contribution in [3.05, 3.63) is 45.4 Å². The number of carbonyl (C=O) groups is 1. The van der Waals surface area contributed by atoms with E-state index in [0.717, 1.165) is 28.5 Å². The molecule has 2 heterocycles. The zero-order chi connectivity index (χ0) is 15.0. The first-order valence-electron chi connectivity index (χ1n) is 7.12. The molecule has 0 bridgehead atoms. The molecule has 0 spiro atoms. The van der Waals surface area contributed by atoms with Crippen molar-refractivity contribution >= 4 is 22.9 Å². The Morgan fingerprint density at radius 2 is 2.14 bits per heavy atom. The van der Waals surface area contributed by atoms with Gasteiger partial charge in [0.1, 0.15) is 5.01 Å². The Bertz CT molecular complexity index is 660. The van der Waals surface area contributed by atoms with E-state index in [0.29, 0.717) is 6.54 Å². The molecule has 1 amide bonds. The van der Waals surface area contributed by atoms with Crippen LogP contribution in [-0.2, 0) is 17.9 Å². The quantitative estimate of drug-likeness (QED) is 0.927. The second-order valence-electron chi connectivity index (χ2n) is 5.40. The van der Waals surface area contributed by atoms with Gasteiger partial charge >= 0.3 is 0 Å². The number of aromatic nitrogens is 1. The van der Waals surface area contributed by atoms with E-state index < -0.39 is 0 Å². The smallest absolute Gasteiger partial charge is 0.244 e. The Labute approximate surface area is 128 Å². The normalized spacial score (nSPS) is 18.5. The van der Waals surface area contributed by atoms with Gasteiger partial charge in [0.15, 0.2) is 0 Å². The summed E-state index contributed by atoms with van der Waals surface area (Å²) in [5, 5.41) is 4.26. The van der Waals surface area contributed by atoms with Crippen molar-refractivity contribution in [1.82, 2.24) is 10.3 Å². The van der Waals surface area contributed by atoms with Crippen molar-refractivity contribution in [3.63, 3.8) is 0 Å². The van der Waals surface area contributed by atoms with Crippen LogP contribution in [0, 0.1) is 13.8 Å². The number of para-hydroxylation sites is 1. The van der Waals surface area contributed by atoms with Gasteiger partial charge in [0, 0.05) is 17.1 Å². The first kappa shape index (κ1) is 14.2. The lowest BCUT2D eigenvalue weighted by atomic mass is 10.1. The van der Waals surface area contributed by atoms with Crippen LogP contribution in [0.3, 0.4) is 0 Å². The maximum atomic E-state index is 12.6. The van der Waals surface area contributed by atoms with Gasteiger partial charge in [-0.1, -0.05) is 18.2 Å². The highest BCUT2D eigenvalue weighted by Gasteiger charge is 2.27. The zero-order valence-electron chi connectivity index (χ0n) is 12.5. The number of nitrogens with one attached hydrogen (secondary N) is 1. The summed E-state index contributed by atoms with van der Waals surface area (Å²) in [5.74, 6) is 0.102. The summed E-state index contributed by atoms with van der Waals surface area (Å²) in [6.07, 6.45) is 0. The molecule has 0 radical (unpaired) electrons. The molecule has 1 aromatic carbocycles. The van der Waals surface area contributed by atoms with Gasteiger partial charge in [0.05, 0.1) is 18.3 Å². The predicted octanol–water partition coefficient (Wildman–Crippen LogP) is 2.78. The Morgan fingerprint density at radius 1 is 1.38 bits per heavy atom. The van der Waals surface area contributed by atoms with Crippen LogP contribution in [-0.4, -0.2) is 16.9 Å². The number of fused-ring (bicyclic) bond motifs is 1. The lowest BCUT2D eigenvalue weighted by molar-refractivity contribution is -0.120. The van der Waals surface area contributed by atoms with E-state index in [1.165, 1.54) is 4.88 Å². The molecule has 5 heteroatoms. The topological polar surface area (TPSA) is 45.2 Å². The zero-order valence-corrected chi connectivity index (χ0v) is 13.3. The third-order valence-electron chi connectivity index (χ3n) is 3.88. The van der Waals surface area contributed by atoms with Gasteiger partial charge in [0.2, 0.25) is 5.91 Å². The summed E-state index contributed by atoms with van der Waals surface area (Å²) >= 11 is 1.67. The maximum absolute atomic E-state index is 12.6. The Morgan fingerprint density at radius 3 is 2.86 bits per heavy atom. The second kappa shape index (κ2) is 5.58. The molecule has 1 aromatic heterocycles. The van der Waals surface area contributed by atoms with Gasteiger partial charge in [-0.25, -0.2) is 4.98 Å². The Balaban J connectivity index is 1.98. The van der Waals surface area contributed by atoms with Crippen LogP contribution in [0.4, 0.5) is 5.69 Å². The monoisotopic (exact) mass is 301 g/mol. The summed E-state index contributed by atoms with van der Waals surface area (Å²) in [6.45, 7) is 7.26. The molecule has 4 nitrogen and oxygen atoms in total. The average Bonchev–Trinajstić information content (AvgIpc) is 2.74. The molecule has 21 heavy (non-hydrogen) atoms. The summed E-state index contributed by atoms with van der Waals surface area (Å²) in [4.78, 5) is 20.3. The standard InChI is InChI=1S/C16H19N3OS/c1-10-12(3)21-15(18-10)9-19-14-7-5-4-6-13(14)8-17-11(2)16(19)20/h4-7,11,17H,8-9H2,1-3H3. The van der Waals surface area contributed by atoms with Crippen molar-refractivity contribution in [1.29, 1.82) is 0 Å². The average molecular weight is 301 g/mol. The van der Waals surface area contributed by atoms with E-state index >= 15 is 0 Å². The number of hydrogen-bond acceptors (Lipinski definition) is 4. The van der Waals surface area contributed by atoms with Gasteiger partial charge in [0.25, 0.3) is 0 Å². The number of rotatable bonds is 2. The van der Waals surface area contributed by atoms with Crippen LogP contribution in [0.5, 0.6) is 0 Å². The number of aryl methyl sites for hydroxylation is 2. The molecule has 0 saturated carbocycles. The molecule has 1 atom stereocenters. The lowest BCUT2D eigenvalue weighted by Crippen LogP contribution is -2.42. The maximum Gasteiger partial charge on any atom is 0.244 e. The molecule has 0 fully saturated rings. The summed E-state index contributed by atoms with van der Waals surface area (Å²) < 4.78 is 0. The number of hydrogen-bond donors (Lipinski definition) is 1. The van der Waals surface area contributed by atoms with E-state index in [1.807, 2.05) is 36.9 Å². The van der Waals surface area contributed by atoms with E-state index in [4.69, 9.17) is 0 Å². The lowest BCUT2D eigenvalue weighted by Gasteiger charge is -2.23. The fourth-order valence-electron chi connectivity index (χ4n) is 2.53. The number of amides is 1. The van der Waals surface area contributed by atoms with Crippen molar-refractivity contribution in [2.45, 2.75) is 39.9 Å². The minimum atomic E-state index is -0.181. The molecule has 110 valence electrons. The third kappa shape index (κ3) is 2.71. The molecule has 3 rings (SSSR count). The number of thiazole rings is 1. The minimum absolute atomic E-state index is 0.102. The van der Waals surface area contributed by atoms with Crippen LogP contribution in [0.2, 0.25) is 0 Å². The van der Waals surface area contributed by atoms with E-state index in [1.54, 1.807) is 11.3 Å². The molecule has 1 aliphatic heterocycles. The Kier molecular flexibility index (Phi) is 3.78. The highest BCUT2D eigenvalue weighted by Crippen LogP contribution is 2.27. The summed E-state index contributed by atoms with van der Waals surface area (Å²) in [5.41, 5.74) is 3.20. The molecule has 1 N–H and O–H groups in total. The van der Waals surface area contributed by atoms with E-state index in [9.17, 15) is 4.79 Å². The molecule has 0 aliphatic carbocycles. The summed E-state index contributed by atoms with van der Waals surface area (Å²) in [6, 6.07) is 7.89. The summed E-state index contributed by atoms with van der Waals surface area (Å²) in [7, 11) is 0. The highest BCUT2D eigenvalue weighted by molar-refractivity contribution is 7.11. The van der Waals surface area contributed by atoms with Gasteiger partial charge < -0.3 is 10.2 Å². The minimum Gasteiger partial charge on any atom is -0.304 e. The van der Waals surface area contributed by atoms with Crippen molar-refractivity contribution in [2.24, 2.45) is 0 Å². The fourth-order valence-corrected chi connectivity index (χ4v) is 3.45. The molecule has 1 unspecified atom stereocenters. The first-order valence-corrected chi connectivity index (χ1v) is 7.93. The van der Waals surface area contributed by atoms with Gasteiger partial charge in [-0.15, -0.1) is 11.3 Å². The molecule has 2 aromatic rings. The van der Waals surface area contributed by atoms with Crippen molar-refractivity contribution in [2.75, 3.05) is 4.90 Å². The first-order chi connectivity index (χ1) is 10.1. The van der Waals surface area contributed by atoms with Gasteiger partial charge in [-0.2, -0.15) is 0 Å². The molecular weight excluding hydrogens is 282 g/mol. The fraction of sp³-hybridized carbons (Fsp3) is 0.375. The number of anilines is 1. The van der Waals surface area contributed by atoms with Gasteiger partial charge in [-0.3, -0.25) is 4.79 Å². The van der Waals surface area contributed by atoms with Crippen LogP contribution in [0.1, 0.15) is 28.1 Å². The highest BCUT2D eigenvalue weighted by atomic mass is 32.1. The number of carbonyl (C=O) groups excluding carboxylic acids is 1. The van der Waals surface area contributed by atoms with Crippen molar-refractivity contribution < 1.29 is 4.79 Å². The van der Waals surface area contributed by atoms with E-state index in [2.05, 4.69) is 23.3 Å². The molecule has 1 aliphatic rings. The number of benzene rings is 1. The van der Waals surface area contributed by atoms with Crippen LogP contribution < -0.4 is 10.2 Å². The van der Waals surface area contributed by atoms with Crippen LogP contribution in [0.25, 0.3) is 0 Å². The molecular formula is C16H19N3OS. The SMILES string of the molecule is Cc1nc(CN2C(=O)C(C)NCc3ccccc32)sc1C. The Hall–Kier alpha value is -1.72. The largest absolute Gasteiger partial charge is 0.304 e.